The second-order valence-electron chi connectivity index (χ2n) is 4.95. The standard InChI is InChI=1S/C11H16F2O2/c12-11(13)6-4-10(5-7-11,9(14)15)8-2-1-3-8/h8H,1-7H2,(H,14,15). The van der Waals surface area contributed by atoms with Gasteiger partial charge in [-0.2, -0.15) is 0 Å². The minimum absolute atomic E-state index is 0.145. The Kier molecular flexibility index (Phi) is 2.47. The van der Waals surface area contributed by atoms with Crippen molar-refractivity contribution in [3.63, 3.8) is 0 Å². The van der Waals surface area contributed by atoms with Crippen molar-refractivity contribution in [1.29, 1.82) is 0 Å². The Labute approximate surface area is 87.7 Å². The fraction of sp³-hybridized carbons (Fsp3) is 0.909. The Morgan fingerprint density at radius 2 is 1.67 bits per heavy atom. The first-order valence-electron chi connectivity index (χ1n) is 5.58. The summed E-state index contributed by atoms with van der Waals surface area (Å²) >= 11 is 0. The number of carboxylic acid groups (broad SMARTS) is 1. The number of aliphatic carboxylic acids is 1. The third-order valence-corrected chi connectivity index (χ3v) is 4.19. The summed E-state index contributed by atoms with van der Waals surface area (Å²) in [7, 11) is 0. The molecule has 0 spiro atoms. The van der Waals surface area contributed by atoms with Crippen LogP contribution < -0.4 is 0 Å². The summed E-state index contributed by atoms with van der Waals surface area (Å²) in [5.74, 6) is -3.35. The highest BCUT2D eigenvalue weighted by Gasteiger charge is 2.53. The van der Waals surface area contributed by atoms with E-state index in [-0.39, 0.29) is 31.6 Å². The highest BCUT2D eigenvalue weighted by atomic mass is 19.3. The number of carbonyl (C=O) groups is 1. The molecule has 2 nitrogen and oxygen atoms in total. The van der Waals surface area contributed by atoms with Crippen molar-refractivity contribution in [1.82, 2.24) is 0 Å². The van der Waals surface area contributed by atoms with Gasteiger partial charge in [-0.1, -0.05) is 6.42 Å². The van der Waals surface area contributed by atoms with E-state index in [4.69, 9.17) is 0 Å². The molecule has 0 aliphatic heterocycles. The first-order chi connectivity index (χ1) is 6.96. The maximum Gasteiger partial charge on any atom is 0.309 e. The smallest absolute Gasteiger partial charge is 0.309 e. The average Bonchev–Trinajstić information content (AvgIpc) is 2.05. The number of halogens is 2. The van der Waals surface area contributed by atoms with Crippen LogP contribution in [0, 0.1) is 11.3 Å². The monoisotopic (exact) mass is 218 g/mol. The number of carboxylic acids is 1. The molecule has 0 saturated heterocycles. The van der Waals surface area contributed by atoms with E-state index in [1.165, 1.54) is 0 Å². The Morgan fingerprint density at radius 1 is 1.13 bits per heavy atom. The fourth-order valence-electron chi connectivity index (χ4n) is 2.82. The molecule has 0 atom stereocenters. The SMILES string of the molecule is O=C(O)C1(C2CCC2)CCC(F)(F)CC1. The zero-order valence-electron chi connectivity index (χ0n) is 8.64. The summed E-state index contributed by atoms with van der Waals surface area (Å²) in [6.45, 7) is 0. The molecule has 0 unspecified atom stereocenters. The number of hydrogen-bond donors (Lipinski definition) is 1. The molecule has 4 heteroatoms. The van der Waals surface area contributed by atoms with Crippen LogP contribution in [0.4, 0.5) is 8.78 Å². The lowest BCUT2D eigenvalue weighted by Gasteiger charge is -2.46. The molecule has 86 valence electrons. The lowest BCUT2D eigenvalue weighted by Crippen LogP contribution is -2.46. The van der Waals surface area contributed by atoms with Crippen molar-refractivity contribution in [2.75, 3.05) is 0 Å². The normalized spacial score (nSPS) is 29.5. The van der Waals surface area contributed by atoms with Crippen LogP contribution in [0.3, 0.4) is 0 Å². The van der Waals surface area contributed by atoms with Crippen LogP contribution in [-0.2, 0) is 4.79 Å². The van der Waals surface area contributed by atoms with Crippen molar-refractivity contribution in [3.05, 3.63) is 0 Å². The Hall–Kier alpha value is -0.670. The molecule has 0 heterocycles. The van der Waals surface area contributed by atoms with Crippen LogP contribution in [0.2, 0.25) is 0 Å². The molecule has 2 fully saturated rings. The highest BCUT2D eigenvalue weighted by Crippen LogP contribution is 2.53. The second kappa shape index (κ2) is 3.42. The van der Waals surface area contributed by atoms with Gasteiger partial charge >= 0.3 is 5.97 Å². The van der Waals surface area contributed by atoms with E-state index in [2.05, 4.69) is 0 Å². The van der Waals surface area contributed by atoms with Gasteiger partial charge in [-0.05, 0) is 31.6 Å². The molecule has 2 saturated carbocycles. The summed E-state index contributed by atoms with van der Waals surface area (Å²) < 4.78 is 26.0. The van der Waals surface area contributed by atoms with Gasteiger partial charge in [0.25, 0.3) is 0 Å². The Morgan fingerprint density at radius 3 is 2.00 bits per heavy atom. The average molecular weight is 218 g/mol. The lowest BCUT2D eigenvalue weighted by atomic mass is 9.58. The summed E-state index contributed by atoms with van der Waals surface area (Å²) in [6, 6.07) is 0. The van der Waals surface area contributed by atoms with Crippen molar-refractivity contribution in [3.8, 4) is 0 Å². The van der Waals surface area contributed by atoms with E-state index in [1.807, 2.05) is 0 Å². The Balaban J connectivity index is 2.12. The van der Waals surface area contributed by atoms with Gasteiger partial charge in [0.05, 0.1) is 5.41 Å². The third kappa shape index (κ3) is 1.74. The molecule has 15 heavy (non-hydrogen) atoms. The van der Waals surface area contributed by atoms with Gasteiger partial charge in [0.15, 0.2) is 0 Å². The fourth-order valence-corrected chi connectivity index (χ4v) is 2.82. The van der Waals surface area contributed by atoms with Gasteiger partial charge in [-0.25, -0.2) is 8.78 Å². The largest absolute Gasteiger partial charge is 0.481 e. The summed E-state index contributed by atoms with van der Waals surface area (Å²) in [5.41, 5.74) is -0.833. The molecule has 2 rings (SSSR count). The zero-order valence-corrected chi connectivity index (χ0v) is 8.64. The van der Waals surface area contributed by atoms with Crippen LogP contribution in [-0.4, -0.2) is 17.0 Å². The highest BCUT2D eigenvalue weighted by molar-refractivity contribution is 5.75. The second-order valence-corrected chi connectivity index (χ2v) is 4.95. The summed E-state index contributed by atoms with van der Waals surface area (Å²) in [4.78, 5) is 11.3. The first-order valence-corrected chi connectivity index (χ1v) is 5.58. The van der Waals surface area contributed by atoms with Crippen molar-refractivity contribution >= 4 is 5.97 Å². The van der Waals surface area contributed by atoms with Gasteiger partial charge < -0.3 is 5.11 Å². The topological polar surface area (TPSA) is 37.3 Å². The predicted molar refractivity (Wildman–Crippen MR) is 50.8 cm³/mol. The summed E-state index contributed by atoms with van der Waals surface area (Å²) in [5, 5.41) is 9.25. The van der Waals surface area contributed by atoms with Gasteiger partial charge in [-0.15, -0.1) is 0 Å². The number of alkyl halides is 2. The quantitative estimate of drug-likeness (QED) is 0.773. The van der Waals surface area contributed by atoms with Gasteiger partial charge in [0.2, 0.25) is 5.92 Å². The minimum atomic E-state index is -2.64. The van der Waals surface area contributed by atoms with Crippen LogP contribution in [0.5, 0.6) is 0 Å². The molecular weight excluding hydrogens is 202 g/mol. The maximum absolute atomic E-state index is 13.0. The van der Waals surface area contributed by atoms with E-state index >= 15 is 0 Å². The van der Waals surface area contributed by atoms with E-state index in [0.29, 0.717) is 0 Å². The van der Waals surface area contributed by atoms with E-state index in [1.54, 1.807) is 0 Å². The number of hydrogen-bond acceptors (Lipinski definition) is 1. The molecular formula is C11H16F2O2. The van der Waals surface area contributed by atoms with Gasteiger partial charge in [-0.3, -0.25) is 4.79 Å². The van der Waals surface area contributed by atoms with Gasteiger partial charge in [0.1, 0.15) is 0 Å². The van der Waals surface area contributed by atoms with Crippen LogP contribution in [0.1, 0.15) is 44.9 Å². The molecule has 0 aromatic carbocycles. The van der Waals surface area contributed by atoms with Crippen LogP contribution in [0.15, 0.2) is 0 Å². The van der Waals surface area contributed by atoms with E-state index < -0.39 is 17.3 Å². The minimum Gasteiger partial charge on any atom is -0.481 e. The third-order valence-electron chi connectivity index (χ3n) is 4.19. The molecule has 1 N–H and O–H groups in total. The van der Waals surface area contributed by atoms with Crippen molar-refractivity contribution in [2.24, 2.45) is 11.3 Å². The summed E-state index contributed by atoms with van der Waals surface area (Å²) in [6.07, 6.45) is 2.65. The molecule has 0 bridgehead atoms. The number of rotatable bonds is 2. The van der Waals surface area contributed by atoms with Crippen molar-refractivity contribution in [2.45, 2.75) is 50.9 Å². The maximum atomic E-state index is 13.0. The van der Waals surface area contributed by atoms with Gasteiger partial charge in [0, 0.05) is 12.8 Å². The predicted octanol–water partition coefficient (Wildman–Crippen LogP) is 3.07. The molecule has 0 amide bonds. The van der Waals surface area contributed by atoms with E-state index in [9.17, 15) is 18.7 Å². The first kappa shape index (κ1) is 10.8. The van der Waals surface area contributed by atoms with Crippen LogP contribution in [0.25, 0.3) is 0 Å². The molecule has 2 aliphatic carbocycles. The zero-order chi connectivity index (χ0) is 11.1. The molecule has 0 aromatic rings. The van der Waals surface area contributed by atoms with E-state index in [0.717, 1.165) is 19.3 Å². The van der Waals surface area contributed by atoms with Crippen molar-refractivity contribution < 1.29 is 18.7 Å². The van der Waals surface area contributed by atoms with Crippen LogP contribution >= 0.6 is 0 Å². The molecule has 2 aliphatic rings. The lowest BCUT2D eigenvalue weighted by molar-refractivity contribution is -0.166. The molecule has 0 aromatic heterocycles. The molecule has 0 radical (unpaired) electrons. The Bertz CT molecular complexity index is 262.